The van der Waals surface area contributed by atoms with Crippen LogP contribution in [-0.4, -0.2) is 46.2 Å². The van der Waals surface area contributed by atoms with E-state index < -0.39 is 35.8 Å². The number of benzene rings is 2. The smallest absolute Gasteiger partial charge is 0.298 e. The highest BCUT2D eigenvalue weighted by Gasteiger charge is 2.23. The van der Waals surface area contributed by atoms with E-state index in [1.807, 2.05) is 0 Å². The summed E-state index contributed by atoms with van der Waals surface area (Å²) in [5.74, 6) is -0.952. The Hall–Kier alpha value is -2.94. The molecule has 0 bridgehead atoms. The largest absolute Gasteiger partial charge is 0.504 e. The van der Waals surface area contributed by atoms with Gasteiger partial charge < -0.3 is 5.11 Å². The van der Waals surface area contributed by atoms with Crippen LogP contribution in [0.4, 0.5) is 11.6 Å². The third-order valence-electron chi connectivity index (χ3n) is 3.25. The zero-order valence-electron chi connectivity index (χ0n) is 12.5. The van der Waals surface area contributed by atoms with Crippen molar-refractivity contribution in [2.75, 3.05) is 0 Å². The van der Waals surface area contributed by atoms with Gasteiger partial charge in [-0.15, -0.1) is 10.2 Å². The first-order valence-corrected chi connectivity index (χ1v) is 9.47. The molecule has 2 aromatic carbocycles. The highest BCUT2D eigenvalue weighted by Crippen LogP contribution is 2.41. The molecule has 4 N–H and O–H groups in total. The second-order valence-corrected chi connectivity index (χ2v) is 7.73. The molecule has 0 aliphatic heterocycles. The summed E-state index contributed by atoms with van der Waals surface area (Å²) in [5, 5.41) is 23.5. The number of nitrogens with zero attached hydrogens (tertiary/aromatic N) is 4. The quantitative estimate of drug-likeness (QED) is 0.364. The summed E-state index contributed by atoms with van der Waals surface area (Å²) in [4.78, 5) is 2.24. The number of H-pyrrole nitrogens is 1. The van der Waals surface area contributed by atoms with Crippen molar-refractivity contribution >= 4 is 42.6 Å². The van der Waals surface area contributed by atoms with Gasteiger partial charge in [0.25, 0.3) is 26.2 Å². The molecule has 3 aromatic rings. The SMILES string of the molecule is C.O=S(=O)(O)c1ccc2c(N=Nc3ncn[nH]3)c(O)c(S(=O)(=O)O)cc2c1. The zero-order valence-corrected chi connectivity index (χ0v) is 14.1. The van der Waals surface area contributed by atoms with E-state index in [9.17, 15) is 26.5 Å². The van der Waals surface area contributed by atoms with Gasteiger partial charge in [0.15, 0.2) is 5.75 Å². The minimum atomic E-state index is -4.87. The zero-order chi connectivity index (χ0) is 19.1. The summed E-state index contributed by atoms with van der Waals surface area (Å²) in [7, 11) is -9.43. The molecule has 12 nitrogen and oxygen atoms in total. The second-order valence-electron chi connectivity index (χ2n) is 4.91. The first-order valence-electron chi connectivity index (χ1n) is 6.59. The van der Waals surface area contributed by atoms with Crippen molar-refractivity contribution in [2.24, 2.45) is 10.2 Å². The summed E-state index contributed by atoms with van der Waals surface area (Å²) in [6.07, 6.45) is 1.14. The number of aromatic hydroxyl groups is 1. The van der Waals surface area contributed by atoms with Gasteiger partial charge in [-0.3, -0.25) is 9.11 Å². The Balaban J connectivity index is 0.00000261. The number of aromatic nitrogens is 3. The summed E-state index contributed by atoms with van der Waals surface area (Å²) in [6, 6.07) is 3.99. The molecule has 0 fully saturated rings. The number of hydrogen-bond donors (Lipinski definition) is 4. The molecule has 3 rings (SSSR count). The molecule has 144 valence electrons. The number of nitrogens with one attached hydrogen (secondary N) is 1. The van der Waals surface area contributed by atoms with E-state index >= 15 is 0 Å². The third kappa shape index (κ3) is 4.08. The van der Waals surface area contributed by atoms with Crippen molar-refractivity contribution in [1.82, 2.24) is 15.2 Å². The molecule has 0 atom stereocenters. The number of aromatic amines is 1. The van der Waals surface area contributed by atoms with Gasteiger partial charge in [0.05, 0.1) is 4.90 Å². The number of rotatable bonds is 4. The van der Waals surface area contributed by atoms with Crippen LogP contribution in [0.1, 0.15) is 7.43 Å². The van der Waals surface area contributed by atoms with E-state index in [1.54, 1.807) is 0 Å². The third-order valence-corrected chi connectivity index (χ3v) is 4.96. The van der Waals surface area contributed by atoms with Crippen molar-refractivity contribution in [3.05, 3.63) is 30.6 Å². The maximum Gasteiger partial charge on any atom is 0.298 e. The van der Waals surface area contributed by atoms with Crippen LogP contribution in [0.5, 0.6) is 5.75 Å². The van der Waals surface area contributed by atoms with E-state index in [-0.39, 0.29) is 29.8 Å². The van der Waals surface area contributed by atoms with Gasteiger partial charge in [0.1, 0.15) is 16.9 Å². The molecule has 0 radical (unpaired) electrons. The van der Waals surface area contributed by atoms with Crippen molar-refractivity contribution in [3.63, 3.8) is 0 Å². The molecule has 0 unspecified atom stereocenters. The summed E-state index contributed by atoms with van der Waals surface area (Å²) >= 11 is 0. The standard InChI is InChI=1S/C12H9N5O7S2.CH4/c18-11-9(26(22,23)24)4-6-3-7(25(19,20)21)1-2-8(6)10(11)15-17-12-13-5-14-16-12;/h1-5,18H,(H,13,14,16)(H,19,20,21)(H,22,23,24);1H4. The Morgan fingerprint density at radius 3 is 2.26 bits per heavy atom. The molecule has 1 aromatic heterocycles. The highest BCUT2D eigenvalue weighted by molar-refractivity contribution is 7.86. The van der Waals surface area contributed by atoms with E-state index in [0.717, 1.165) is 24.5 Å². The van der Waals surface area contributed by atoms with Crippen LogP contribution in [0.2, 0.25) is 0 Å². The lowest BCUT2D eigenvalue weighted by molar-refractivity contribution is 0.445. The van der Waals surface area contributed by atoms with Crippen LogP contribution in [0.15, 0.2) is 50.6 Å². The van der Waals surface area contributed by atoms with Gasteiger partial charge >= 0.3 is 0 Å². The van der Waals surface area contributed by atoms with Crippen LogP contribution >= 0.6 is 0 Å². The Bertz CT molecular complexity index is 1240. The minimum absolute atomic E-state index is 0. The Labute approximate surface area is 153 Å². The predicted molar refractivity (Wildman–Crippen MR) is 92.5 cm³/mol. The molecule has 14 heteroatoms. The lowest BCUT2D eigenvalue weighted by atomic mass is 10.1. The molecule has 0 saturated carbocycles. The first-order chi connectivity index (χ1) is 12.1. The molecular formula is C13H13N5O7S2. The Morgan fingerprint density at radius 1 is 1.00 bits per heavy atom. The van der Waals surface area contributed by atoms with Gasteiger partial charge in [0.2, 0.25) is 0 Å². The van der Waals surface area contributed by atoms with Crippen LogP contribution in [0.25, 0.3) is 10.8 Å². The average molecular weight is 415 g/mol. The lowest BCUT2D eigenvalue weighted by Gasteiger charge is -2.09. The fourth-order valence-corrected chi connectivity index (χ4v) is 3.27. The van der Waals surface area contributed by atoms with E-state index in [0.29, 0.717) is 0 Å². The van der Waals surface area contributed by atoms with Gasteiger partial charge in [-0.05, 0) is 23.6 Å². The maximum atomic E-state index is 11.5. The number of phenolic OH excluding ortho intramolecular Hbond substituents is 1. The molecule has 1 heterocycles. The predicted octanol–water partition coefficient (Wildman–Crippen LogP) is 2.21. The van der Waals surface area contributed by atoms with Crippen molar-refractivity contribution in [3.8, 4) is 5.75 Å². The minimum Gasteiger partial charge on any atom is -0.504 e. The second kappa shape index (κ2) is 6.99. The van der Waals surface area contributed by atoms with Crippen LogP contribution in [0.3, 0.4) is 0 Å². The van der Waals surface area contributed by atoms with Crippen LogP contribution < -0.4 is 0 Å². The molecule has 0 aliphatic carbocycles. The molecule has 27 heavy (non-hydrogen) atoms. The molecule has 0 saturated heterocycles. The molecule has 0 aliphatic rings. The Kier molecular flexibility index (Phi) is 5.28. The van der Waals surface area contributed by atoms with E-state index in [2.05, 4.69) is 25.4 Å². The van der Waals surface area contributed by atoms with Gasteiger partial charge in [-0.2, -0.15) is 26.9 Å². The summed E-state index contributed by atoms with van der Waals surface area (Å²) in [5.41, 5.74) is -0.367. The first kappa shape index (κ1) is 20.4. The van der Waals surface area contributed by atoms with Gasteiger partial charge in [-0.25, -0.2) is 5.10 Å². The van der Waals surface area contributed by atoms with Crippen molar-refractivity contribution in [2.45, 2.75) is 17.2 Å². The lowest BCUT2D eigenvalue weighted by Crippen LogP contribution is -2.00. The Morgan fingerprint density at radius 2 is 1.70 bits per heavy atom. The average Bonchev–Trinajstić information content (AvgIpc) is 3.04. The maximum absolute atomic E-state index is 11.5. The summed E-state index contributed by atoms with van der Waals surface area (Å²) < 4.78 is 63.9. The van der Waals surface area contributed by atoms with Crippen molar-refractivity contribution < 1.29 is 31.0 Å². The van der Waals surface area contributed by atoms with Gasteiger partial charge in [0, 0.05) is 5.39 Å². The van der Waals surface area contributed by atoms with Gasteiger partial charge in [-0.1, -0.05) is 13.5 Å². The van der Waals surface area contributed by atoms with Crippen LogP contribution in [0, 0.1) is 0 Å². The van der Waals surface area contributed by atoms with Crippen LogP contribution in [-0.2, 0) is 20.2 Å². The van der Waals surface area contributed by atoms with Crippen molar-refractivity contribution in [1.29, 1.82) is 0 Å². The highest BCUT2D eigenvalue weighted by atomic mass is 32.2. The number of phenols is 1. The van der Waals surface area contributed by atoms with E-state index in [1.165, 1.54) is 6.07 Å². The topological polar surface area (TPSA) is 195 Å². The number of hydrogen-bond acceptors (Lipinski definition) is 9. The monoisotopic (exact) mass is 415 g/mol. The molecular weight excluding hydrogens is 402 g/mol. The molecule has 0 spiro atoms. The molecule has 0 amide bonds. The number of fused-ring (bicyclic) bond motifs is 1. The fourth-order valence-electron chi connectivity index (χ4n) is 2.13. The number of azo groups is 1. The normalized spacial score (nSPS) is 12.4. The fraction of sp³-hybridized carbons (Fsp3) is 0.0769. The summed E-state index contributed by atoms with van der Waals surface area (Å²) in [6.45, 7) is 0. The van der Waals surface area contributed by atoms with E-state index in [4.69, 9.17) is 4.55 Å².